The van der Waals surface area contributed by atoms with Crippen LogP contribution >= 0.6 is 15.9 Å². The van der Waals surface area contributed by atoms with Crippen LogP contribution in [0.5, 0.6) is 5.75 Å². The molecule has 1 fully saturated rings. The number of rotatable bonds is 6. The minimum absolute atomic E-state index is 0.0384. The third-order valence-corrected chi connectivity index (χ3v) is 4.66. The molecule has 1 aromatic carbocycles. The average molecular weight is 393 g/mol. The van der Waals surface area contributed by atoms with Crippen LogP contribution in [0.3, 0.4) is 0 Å². The fourth-order valence-corrected chi connectivity index (χ4v) is 3.15. The number of nitrogens with one attached hydrogen (secondary N) is 1. The van der Waals surface area contributed by atoms with Crippen LogP contribution < -0.4 is 10.1 Å². The van der Waals surface area contributed by atoms with Crippen LogP contribution in [0.4, 0.5) is 0 Å². The molecule has 5 nitrogen and oxygen atoms in total. The second-order valence-electron chi connectivity index (χ2n) is 5.97. The second kappa shape index (κ2) is 7.85. The third-order valence-electron chi connectivity index (χ3n) is 4.13. The lowest BCUT2D eigenvalue weighted by atomic mass is 10.1. The molecular formula is C18H21BrN2O3. The van der Waals surface area contributed by atoms with E-state index in [-0.39, 0.29) is 5.91 Å². The van der Waals surface area contributed by atoms with Crippen LogP contribution in [0.2, 0.25) is 0 Å². The summed E-state index contributed by atoms with van der Waals surface area (Å²) in [4.78, 5) is 14.3. The Bertz CT molecular complexity index is 684. The van der Waals surface area contributed by atoms with Crippen LogP contribution in [-0.2, 0) is 6.61 Å². The van der Waals surface area contributed by atoms with Crippen LogP contribution in [0.25, 0.3) is 0 Å². The van der Waals surface area contributed by atoms with Gasteiger partial charge in [-0.15, -0.1) is 0 Å². The van der Waals surface area contributed by atoms with Gasteiger partial charge in [0.15, 0.2) is 5.76 Å². The van der Waals surface area contributed by atoms with Gasteiger partial charge in [-0.1, -0.05) is 15.9 Å². The van der Waals surface area contributed by atoms with Gasteiger partial charge in [0.05, 0.1) is 0 Å². The van der Waals surface area contributed by atoms with Crippen molar-refractivity contribution in [3.8, 4) is 5.75 Å². The highest BCUT2D eigenvalue weighted by atomic mass is 79.9. The molecule has 1 N–H and O–H groups in total. The SMILES string of the molecule is CNCC1CCN(C(=O)c2ccc(COc3ccc(Br)cc3)o2)C1. The first kappa shape index (κ1) is 17.0. The summed E-state index contributed by atoms with van der Waals surface area (Å²) in [6.07, 6.45) is 1.03. The molecule has 1 unspecified atom stereocenters. The fraction of sp³-hybridized carbons (Fsp3) is 0.389. The average Bonchev–Trinajstić information content (AvgIpc) is 3.24. The second-order valence-corrected chi connectivity index (χ2v) is 6.89. The summed E-state index contributed by atoms with van der Waals surface area (Å²) in [6, 6.07) is 11.1. The van der Waals surface area contributed by atoms with E-state index in [0.29, 0.717) is 24.0 Å². The Hall–Kier alpha value is -1.79. The molecule has 1 saturated heterocycles. The number of hydrogen-bond acceptors (Lipinski definition) is 4. The van der Waals surface area contributed by atoms with Crippen molar-refractivity contribution in [2.24, 2.45) is 5.92 Å². The van der Waals surface area contributed by atoms with Gasteiger partial charge in [-0.3, -0.25) is 4.79 Å². The van der Waals surface area contributed by atoms with E-state index in [0.717, 1.165) is 36.3 Å². The molecule has 1 aliphatic heterocycles. The minimum atomic E-state index is -0.0384. The predicted octanol–water partition coefficient (Wildman–Crippen LogP) is 3.30. The maximum absolute atomic E-state index is 12.5. The fourth-order valence-electron chi connectivity index (χ4n) is 2.88. The molecule has 1 amide bonds. The Balaban J connectivity index is 1.55. The van der Waals surface area contributed by atoms with Crippen molar-refractivity contribution in [2.45, 2.75) is 13.0 Å². The molecule has 0 radical (unpaired) electrons. The molecule has 0 saturated carbocycles. The predicted molar refractivity (Wildman–Crippen MR) is 95.1 cm³/mol. The lowest BCUT2D eigenvalue weighted by Crippen LogP contribution is -2.30. The summed E-state index contributed by atoms with van der Waals surface area (Å²) < 4.78 is 12.3. The topological polar surface area (TPSA) is 54.7 Å². The van der Waals surface area contributed by atoms with Crippen LogP contribution in [-0.4, -0.2) is 37.5 Å². The van der Waals surface area contributed by atoms with Crippen molar-refractivity contribution in [3.63, 3.8) is 0 Å². The van der Waals surface area contributed by atoms with Gasteiger partial charge in [0.25, 0.3) is 5.91 Å². The van der Waals surface area contributed by atoms with Crippen molar-refractivity contribution < 1.29 is 13.9 Å². The van der Waals surface area contributed by atoms with Gasteiger partial charge >= 0.3 is 0 Å². The molecule has 2 aromatic rings. The number of amides is 1. The normalized spacial score (nSPS) is 17.2. The minimum Gasteiger partial charge on any atom is -0.486 e. The summed E-state index contributed by atoms with van der Waals surface area (Å²) in [5.41, 5.74) is 0. The molecule has 128 valence electrons. The number of ether oxygens (including phenoxy) is 1. The van der Waals surface area contributed by atoms with E-state index in [1.807, 2.05) is 36.2 Å². The van der Waals surface area contributed by atoms with Gasteiger partial charge in [-0.05, 0) is 62.3 Å². The summed E-state index contributed by atoms with van der Waals surface area (Å²) in [5, 5.41) is 3.17. The van der Waals surface area contributed by atoms with E-state index in [9.17, 15) is 4.79 Å². The van der Waals surface area contributed by atoms with Gasteiger partial charge < -0.3 is 19.4 Å². The van der Waals surface area contributed by atoms with Crippen LogP contribution in [0.1, 0.15) is 22.7 Å². The first-order chi connectivity index (χ1) is 11.7. The number of likely N-dealkylation sites (tertiary alicyclic amines) is 1. The molecule has 0 aliphatic carbocycles. The molecule has 1 aliphatic rings. The maximum Gasteiger partial charge on any atom is 0.289 e. The Kier molecular flexibility index (Phi) is 5.58. The van der Waals surface area contributed by atoms with E-state index in [1.165, 1.54) is 0 Å². The largest absolute Gasteiger partial charge is 0.486 e. The van der Waals surface area contributed by atoms with E-state index in [4.69, 9.17) is 9.15 Å². The Morgan fingerprint density at radius 3 is 2.88 bits per heavy atom. The molecule has 3 rings (SSSR count). The first-order valence-electron chi connectivity index (χ1n) is 8.06. The van der Waals surface area contributed by atoms with Gasteiger partial charge in [0.2, 0.25) is 0 Å². The van der Waals surface area contributed by atoms with Crippen molar-refractivity contribution in [3.05, 3.63) is 52.4 Å². The number of hydrogen-bond donors (Lipinski definition) is 1. The van der Waals surface area contributed by atoms with Crippen LogP contribution in [0, 0.1) is 5.92 Å². The lowest BCUT2D eigenvalue weighted by Gasteiger charge is -2.14. The Morgan fingerprint density at radius 1 is 1.33 bits per heavy atom. The van der Waals surface area contributed by atoms with Gasteiger partial charge in [0, 0.05) is 17.6 Å². The standard InChI is InChI=1S/C18H21BrN2O3/c1-20-10-13-8-9-21(11-13)18(22)17-7-6-16(24-17)12-23-15-4-2-14(19)3-5-15/h2-7,13,20H,8-12H2,1H3. The van der Waals surface area contributed by atoms with Gasteiger partial charge in [-0.2, -0.15) is 0 Å². The van der Waals surface area contributed by atoms with Crippen molar-refractivity contribution in [2.75, 3.05) is 26.7 Å². The molecule has 1 aromatic heterocycles. The van der Waals surface area contributed by atoms with E-state index in [2.05, 4.69) is 21.2 Å². The highest BCUT2D eigenvalue weighted by Crippen LogP contribution is 2.21. The van der Waals surface area contributed by atoms with Crippen molar-refractivity contribution in [1.82, 2.24) is 10.2 Å². The number of benzene rings is 1. The summed E-state index contributed by atoms with van der Waals surface area (Å²) in [6.45, 7) is 2.81. The highest BCUT2D eigenvalue weighted by molar-refractivity contribution is 9.10. The van der Waals surface area contributed by atoms with E-state index >= 15 is 0 Å². The zero-order valence-corrected chi connectivity index (χ0v) is 15.2. The zero-order valence-electron chi connectivity index (χ0n) is 13.6. The number of furan rings is 1. The molecular weight excluding hydrogens is 372 g/mol. The summed E-state index contributed by atoms with van der Waals surface area (Å²) in [7, 11) is 1.94. The molecule has 2 heterocycles. The first-order valence-corrected chi connectivity index (χ1v) is 8.86. The highest BCUT2D eigenvalue weighted by Gasteiger charge is 2.28. The van der Waals surface area contributed by atoms with Gasteiger partial charge in [-0.25, -0.2) is 0 Å². The van der Waals surface area contributed by atoms with Crippen molar-refractivity contribution >= 4 is 21.8 Å². The summed E-state index contributed by atoms with van der Waals surface area (Å²) >= 11 is 3.39. The number of halogens is 1. The van der Waals surface area contributed by atoms with E-state index < -0.39 is 0 Å². The molecule has 0 bridgehead atoms. The Labute approximate surface area is 150 Å². The summed E-state index contributed by atoms with van der Waals surface area (Å²) in [5.74, 6) is 2.27. The molecule has 0 spiro atoms. The maximum atomic E-state index is 12.5. The zero-order chi connectivity index (χ0) is 16.9. The number of carbonyl (C=O) groups excluding carboxylic acids is 1. The van der Waals surface area contributed by atoms with E-state index in [1.54, 1.807) is 12.1 Å². The number of carbonyl (C=O) groups is 1. The van der Waals surface area contributed by atoms with Crippen molar-refractivity contribution in [1.29, 1.82) is 0 Å². The molecule has 24 heavy (non-hydrogen) atoms. The Morgan fingerprint density at radius 2 is 2.12 bits per heavy atom. The third kappa shape index (κ3) is 4.19. The monoisotopic (exact) mass is 392 g/mol. The molecule has 6 heteroatoms. The smallest absolute Gasteiger partial charge is 0.289 e. The van der Waals surface area contributed by atoms with Gasteiger partial charge in [0.1, 0.15) is 18.1 Å². The lowest BCUT2D eigenvalue weighted by molar-refractivity contribution is 0.0751. The van der Waals surface area contributed by atoms with Crippen LogP contribution in [0.15, 0.2) is 45.3 Å². The molecule has 1 atom stereocenters. The quantitative estimate of drug-likeness (QED) is 0.819. The number of nitrogens with zero attached hydrogens (tertiary/aromatic N) is 1.